The SMILES string of the molecule is I.O=S(O)(O)=S.[H-].[Na+]. The molecule has 0 aliphatic heterocycles. The molecule has 0 aromatic rings. The predicted octanol–water partition coefficient (Wildman–Crippen LogP) is -2.59. The molecule has 0 fully saturated rings. The molecule has 0 aromatic carbocycles. The van der Waals surface area contributed by atoms with Gasteiger partial charge in [-0.1, -0.05) is 0 Å². The van der Waals surface area contributed by atoms with Crippen LogP contribution in [0.3, 0.4) is 0 Å². The van der Waals surface area contributed by atoms with E-state index in [0.29, 0.717) is 0 Å². The van der Waals surface area contributed by atoms with Gasteiger partial charge in [-0.3, -0.25) is 9.11 Å². The first kappa shape index (κ1) is 16.0. The van der Waals surface area contributed by atoms with Crippen LogP contribution < -0.4 is 29.6 Å². The van der Waals surface area contributed by atoms with Crippen LogP contribution in [0.1, 0.15) is 1.43 Å². The quantitative estimate of drug-likeness (QED) is 0.373. The Morgan fingerprint density at radius 1 is 1.57 bits per heavy atom. The van der Waals surface area contributed by atoms with E-state index in [2.05, 4.69) is 11.2 Å². The fourth-order valence-electron chi connectivity index (χ4n) is 0. The summed E-state index contributed by atoms with van der Waals surface area (Å²) in [5.41, 5.74) is 0. The van der Waals surface area contributed by atoms with Gasteiger partial charge in [0, 0.05) is 11.2 Å². The summed E-state index contributed by atoms with van der Waals surface area (Å²) in [6, 6.07) is 0. The van der Waals surface area contributed by atoms with E-state index in [1.54, 1.807) is 0 Å². The Balaban J connectivity index is -0.0000000267. The summed E-state index contributed by atoms with van der Waals surface area (Å²) in [5, 5.41) is 0. The summed E-state index contributed by atoms with van der Waals surface area (Å²) in [6.07, 6.45) is 0. The maximum atomic E-state index is 9.11. The topological polar surface area (TPSA) is 57.5 Å². The van der Waals surface area contributed by atoms with Crippen molar-refractivity contribution in [3.05, 3.63) is 0 Å². The Labute approximate surface area is 87.4 Å². The number of hydrogen-bond donors (Lipinski definition) is 2. The van der Waals surface area contributed by atoms with E-state index >= 15 is 0 Å². The van der Waals surface area contributed by atoms with Gasteiger partial charge in [-0.25, -0.2) is 0 Å². The van der Waals surface area contributed by atoms with Gasteiger partial charge in [-0.2, -0.15) is 4.21 Å². The van der Waals surface area contributed by atoms with Crippen LogP contribution in [0.15, 0.2) is 0 Å². The summed E-state index contributed by atoms with van der Waals surface area (Å²) in [7, 11) is -3.83. The third-order valence-corrected chi connectivity index (χ3v) is 0. The third kappa shape index (κ3) is 71.2. The summed E-state index contributed by atoms with van der Waals surface area (Å²) in [6.45, 7) is 0. The average molecular weight is 266 g/mol. The van der Waals surface area contributed by atoms with E-state index in [9.17, 15) is 0 Å². The van der Waals surface area contributed by atoms with Crippen molar-refractivity contribution in [1.82, 2.24) is 0 Å². The zero-order valence-corrected chi connectivity index (χ0v) is 9.49. The van der Waals surface area contributed by atoms with Crippen molar-refractivity contribution in [3.63, 3.8) is 0 Å². The van der Waals surface area contributed by atoms with Gasteiger partial charge < -0.3 is 1.43 Å². The Bertz CT molecular complexity index is 100. The molecule has 0 saturated carbocycles. The van der Waals surface area contributed by atoms with Gasteiger partial charge in [0.05, 0.1) is 0 Å². The van der Waals surface area contributed by atoms with Gasteiger partial charge in [0.15, 0.2) is 0 Å². The largest absolute Gasteiger partial charge is 1.00 e. The van der Waals surface area contributed by atoms with Crippen LogP contribution in [0.2, 0.25) is 0 Å². The average Bonchev–Trinajstić information content (AvgIpc) is 0.722. The van der Waals surface area contributed by atoms with Crippen molar-refractivity contribution < 1.29 is 44.3 Å². The number of hydrogen-bond acceptors (Lipinski definition) is 2. The maximum Gasteiger partial charge on any atom is 1.00 e. The van der Waals surface area contributed by atoms with Crippen LogP contribution in [0, 0.1) is 0 Å². The molecule has 0 aromatic heterocycles. The van der Waals surface area contributed by atoms with Crippen LogP contribution in [-0.4, -0.2) is 13.3 Å². The summed E-state index contributed by atoms with van der Waals surface area (Å²) in [4.78, 5) is 0. The van der Waals surface area contributed by atoms with Gasteiger partial charge >= 0.3 is 29.6 Å². The van der Waals surface area contributed by atoms with E-state index in [1.165, 1.54) is 0 Å². The van der Waals surface area contributed by atoms with Crippen molar-refractivity contribution in [2.24, 2.45) is 0 Å². The van der Waals surface area contributed by atoms with Crippen molar-refractivity contribution in [2.45, 2.75) is 0 Å². The molecule has 0 rings (SSSR count). The Morgan fingerprint density at radius 3 is 1.57 bits per heavy atom. The van der Waals surface area contributed by atoms with E-state index in [1.807, 2.05) is 0 Å². The van der Waals surface area contributed by atoms with Crippen LogP contribution in [0.25, 0.3) is 0 Å². The molecule has 3 nitrogen and oxygen atoms in total. The van der Waals surface area contributed by atoms with Crippen LogP contribution >= 0.6 is 24.0 Å². The Kier molecular flexibility index (Phi) is 14.1. The van der Waals surface area contributed by atoms with Crippen molar-refractivity contribution >= 4 is 44.2 Å². The smallest absolute Gasteiger partial charge is 1.00 e. The summed E-state index contributed by atoms with van der Waals surface area (Å²) in [5.74, 6) is 0. The van der Waals surface area contributed by atoms with Gasteiger partial charge in [-0.15, -0.1) is 24.0 Å². The van der Waals surface area contributed by atoms with Crippen molar-refractivity contribution in [3.8, 4) is 0 Å². The molecular weight excluding hydrogens is 262 g/mol. The zero-order chi connectivity index (χ0) is 4.50. The predicted molar refractivity (Wildman–Crippen MR) is 37.3 cm³/mol. The normalized spacial score (nSPS) is 8.29. The van der Waals surface area contributed by atoms with E-state index < -0.39 is 9.05 Å². The zero-order valence-electron chi connectivity index (χ0n) is 4.53. The Morgan fingerprint density at radius 2 is 1.57 bits per heavy atom. The Hall–Kier alpha value is 2.02. The molecule has 0 heterocycles. The minimum atomic E-state index is -3.83. The third-order valence-electron chi connectivity index (χ3n) is 0. The van der Waals surface area contributed by atoms with E-state index in [-0.39, 0.29) is 55.0 Å². The van der Waals surface area contributed by atoms with Crippen molar-refractivity contribution in [2.75, 3.05) is 0 Å². The molecule has 2 N–H and O–H groups in total. The molecule has 0 bridgehead atoms. The molecule has 0 atom stereocenters. The van der Waals surface area contributed by atoms with Gasteiger partial charge in [0.2, 0.25) is 0 Å². The molecule has 7 heavy (non-hydrogen) atoms. The van der Waals surface area contributed by atoms with Crippen LogP contribution in [0.4, 0.5) is 0 Å². The van der Waals surface area contributed by atoms with Gasteiger partial charge in [0.1, 0.15) is 0 Å². The molecule has 42 valence electrons. The fraction of sp³-hybridized carbons (Fsp3) is 0. The first-order chi connectivity index (χ1) is 2.00. The van der Waals surface area contributed by atoms with E-state index in [0.717, 1.165) is 0 Å². The maximum absolute atomic E-state index is 9.11. The molecule has 0 unspecified atom stereocenters. The second kappa shape index (κ2) is 6.14. The van der Waals surface area contributed by atoms with Crippen molar-refractivity contribution in [1.29, 1.82) is 0 Å². The van der Waals surface area contributed by atoms with Gasteiger partial charge in [-0.05, 0) is 0 Å². The fourth-order valence-corrected chi connectivity index (χ4v) is 0. The minimum Gasteiger partial charge on any atom is -1.00 e. The molecular formula is H4INaO3S2. The number of halogens is 1. The monoisotopic (exact) mass is 266 g/mol. The second-order valence-electron chi connectivity index (χ2n) is 0.448. The molecule has 0 radical (unpaired) electrons. The van der Waals surface area contributed by atoms with E-state index in [4.69, 9.17) is 13.3 Å². The summed E-state index contributed by atoms with van der Waals surface area (Å²) >= 11 is 3.47. The standard InChI is InChI=1S/HI.Na.H2O3S2.H/c;;1-5(2,3)4;/h1H;;(H2,1,2,3,4);/q;+1;;-1. The first-order valence-electron chi connectivity index (χ1n) is 0.698. The molecule has 0 spiro atoms. The second-order valence-corrected chi connectivity index (χ2v) is 2.65. The minimum absolute atomic E-state index is 0. The number of rotatable bonds is 0. The molecule has 7 heteroatoms. The van der Waals surface area contributed by atoms with Crippen LogP contribution in [0.5, 0.6) is 0 Å². The molecule has 0 amide bonds. The van der Waals surface area contributed by atoms with Gasteiger partial charge in [0.25, 0.3) is 9.05 Å². The molecule has 0 aliphatic carbocycles. The first-order valence-corrected chi connectivity index (χ1v) is 3.10. The molecule has 0 saturated heterocycles. The molecule has 0 aliphatic rings. The van der Waals surface area contributed by atoms with Crippen LogP contribution in [-0.2, 0) is 20.2 Å². The summed E-state index contributed by atoms with van der Waals surface area (Å²) < 4.78 is 24.0.